The summed E-state index contributed by atoms with van der Waals surface area (Å²) >= 11 is 5.87. The number of nitrogens with zero attached hydrogens (tertiary/aromatic N) is 1. The molecule has 0 aliphatic rings. The van der Waals surface area contributed by atoms with Gasteiger partial charge in [0.05, 0.1) is 11.3 Å². The van der Waals surface area contributed by atoms with E-state index in [1.165, 1.54) is 6.07 Å². The lowest BCUT2D eigenvalue weighted by Crippen LogP contribution is -2.39. The van der Waals surface area contributed by atoms with E-state index in [-0.39, 0.29) is 12.2 Å². The highest BCUT2D eigenvalue weighted by atomic mass is 35.5. The first-order valence-electron chi connectivity index (χ1n) is 8.22. The summed E-state index contributed by atoms with van der Waals surface area (Å²) < 4.78 is 39.3. The predicted molar refractivity (Wildman–Crippen MR) is 100 cm³/mol. The van der Waals surface area contributed by atoms with E-state index in [1.807, 2.05) is 0 Å². The Morgan fingerprint density at radius 3 is 2.52 bits per heavy atom. The zero-order valence-electron chi connectivity index (χ0n) is 14.6. The fourth-order valence-corrected chi connectivity index (χ4v) is 2.83. The lowest BCUT2D eigenvalue weighted by atomic mass is 10.2. The molecule has 0 fully saturated rings. The predicted octanol–water partition coefficient (Wildman–Crippen LogP) is 3.13. The summed E-state index contributed by atoms with van der Waals surface area (Å²) in [6.07, 6.45) is -3.74. The van der Waals surface area contributed by atoms with E-state index >= 15 is 0 Å². The molecule has 29 heavy (non-hydrogen) atoms. The molecule has 0 bridgehead atoms. The van der Waals surface area contributed by atoms with Gasteiger partial charge in [0.25, 0.3) is 11.5 Å². The molecule has 0 spiro atoms. The van der Waals surface area contributed by atoms with Crippen LogP contribution in [0.5, 0.6) is 0 Å². The summed E-state index contributed by atoms with van der Waals surface area (Å²) in [6, 6.07) is 10.4. The highest BCUT2D eigenvalue weighted by Gasteiger charge is 2.30. The number of alkyl halides is 3. The monoisotopic (exact) mass is 423 g/mol. The van der Waals surface area contributed by atoms with Crippen molar-refractivity contribution in [3.05, 3.63) is 97.3 Å². The maximum Gasteiger partial charge on any atom is 0.416 e. The minimum absolute atomic E-state index is 0.0571. The van der Waals surface area contributed by atoms with E-state index in [2.05, 4.69) is 10.3 Å². The van der Waals surface area contributed by atoms with Crippen molar-refractivity contribution in [2.45, 2.75) is 12.7 Å². The second-order valence-corrected chi connectivity index (χ2v) is 6.45. The van der Waals surface area contributed by atoms with Crippen molar-refractivity contribution in [1.82, 2.24) is 14.9 Å². The molecule has 3 aromatic rings. The molecule has 0 saturated heterocycles. The number of carbonyl (C=O) groups is 1. The van der Waals surface area contributed by atoms with E-state index in [1.54, 1.807) is 24.3 Å². The van der Waals surface area contributed by atoms with Crippen molar-refractivity contribution in [3.63, 3.8) is 0 Å². The molecular weight excluding hydrogens is 411 g/mol. The number of hydrogen-bond donors (Lipinski definition) is 2. The number of benzene rings is 2. The number of aromatic nitrogens is 2. The third-order valence-electron chi connectivity index (χ3n) is 3.99. The fraction of sp³-hybridized carbons (Fsp3) is 0.105. The van der Waals surface area contributed by atoms with Crippen molar-refractivity contribution < 1.29 is 18.0 Å². The van der Waals surface area contributed by atoms with Crippen molar-refractivity contribution in [3.8, 4) is 5.69 Å². The molecule has 2 N–H and O–H groups in total. The quantitative estimate of drug-likeness (QED) is 0.676. The van der Waals surface area contributed by atoms with E-state index in [9.17, 15) is 27.6 Å². The Morgan fingerprint density at radius 2 is 1.83 bits per heavy atom. The second-order valence-electron chi connectivity index (χ2n) is 6.01. The second kappa shape index (κ2) is 7.96. The van der Waals surface area contributed by atoms with E-state index in [0.717, 1.165) is 18.3 Å². The van der Waals surface area contributed by atoms with Crippen LogP contribution in [0.1, 0.15) is 21.5 Å². The van der Waals surface area contributed by atoms with Crippen molar-refractivity contribution >= 4 is 17.5 Å². The van der Waals surface area contributed by atoms with Gasteiger partial charge in [-0.3, -0.25) is 9.59 Å². The molecule has 0 radical (unpaired) electrons. The van der Waals surface area contributed by atoms with Crippen LogP contribution < -0.4 is 16.6 Å². The summed E-state index contributed by atoms with van der Waals surface area (Å²) in [5.41, 5.74) is -3.11. The third kappa shape index (κ3) is 4.57. The lowest BCUT2D eigenvalue weighted by Gasteiger charge is -2.11. The summed E-state index contributed by atoms with van der Waals surface area (Å²) in [7, 11) is 0. The van der Waals surface area contributed by atoms with Gasteiger partial charge < -0.3 is 10.3 Å². The molecule has 10 heteroatoms. The van der Waals surface area contributed by atoms with E-state index < -0.39 is 34.5 Å². The largest absolute Gasteiger partial charge is 0.416 e. The highest BCUT2D eigenvalue weighted by molar-refractivity contribution is 6.30. The van der Waals surface area contributed by atoms with Gasteiger partial charge in [-0.2, -0.15) is 13.2 Å². The molecule has 2 aromatic carbocycles. The Morgan fingerprint density at radius 1 is 1.10 bits per heavy atom. The zero-order valence-corrected chi connectivity index (χ0v) is 15.3. The number of halogens is 4. The number of nitrogens with one attached hydrogen (secondary N) is 2. The smallest absolute Gasteiger partial charge is 0.348 e. The van der Waals surface area contributed by atoms with Gasteiger partial charge in [-0.15, -0.1) is 0 Å². The number of H-pyrrole nitrogens is 1. The Hall–Kier alpha value is -3.33. The topological polar surface area (TPSA) is 84.0 Å². The lowest BCUT2D eigenvalue weighted by molar-refractivity contribution is -0.137. The van der Waals surface area contributed by atoms with Crippen LogP contribution in [0.25, 0.3) is 5.69 Å². The van der Waals surface area contributed by atoms with E-state index in [4.69, 9.17) is 11.6 Å². The molecule has 0 saturated carbocycles. The summed E-state index contributed by atoms with van der Waals surface area (Å²) in [5, 5.41) is 2.97. The molecule has 1 amide bonds. The molecule has 6 nitrogen and oxygen atoms in total. The average Bonchev–Trinajstić information content (AvgIpc) is 2.66. The number of amides is 1. The number of aromatic amines is 1. The summed E-state index contributed by atoms with van der Waals surface area (Å²) in [5.74, 6) is -0.799. The minimum atomic E-state index is -4.65. The first-order chi connectivity index (χ1) is 13.7. The maximum absolute atomic E-state index is 12.9. The fourth-order valence-electron chi connectivity index (χ4n) is 2.62. The average molecular weight is 424 g/mol. The molecule has 3 rings (SSSR count). The van der Waals surface area contributed by atoms with Crippen molar-refractivity contribution in [2.24, 2.45) is 0 Å². The van der Waals surface area contributed by atoms with Crippen LogP contribution in [-0.4, -0.2) is 15.5 Å². The Labute approximate surface area is 166 Å². The Kier molecular flexibility index (Phi) is 5.60. The van der Waals surface area contributed by atoms with Gasteiger partial charge in [0.15, 0.2) is 0 Å². The van der Waals surface area contributed by atoms with Crippen LogP contribution in [-0.2, 0) is 12.7 Å². The number of carbonyl (C=O) groups excluding carboxylic acids is 1. The van der Waals surface area contributed by atoms with Crippen LogP contribution in [0.15, 0.2) is 64.3 Å². The maximum atomic E-state index is 12.9. The molecule has 150 valence electrons. The van der Waals surface area contributed by atoms with E-state index in [0.29, 0.717) is 21.2 Å². The van der Waals surface area contributed by atoms with Gasteiger partial charge >= 0.3 is 11.9 Å². The van der Waals surface area contributed by atoms with Gasteiger partial charge in [0.2, 0.25) is 0 Å². The molecule has 0 aliphatic heterocycles. The molecule has 1 heterocycles. The minimum Gasteiger partial charge on any atom is -0.348 e. The SMILES string of the molecule is O=C(NCc1cccc(Cl)c1)c1c[nH]c(=O)n(-c2cccc(C(F)(F)F)c2)c1=O. The van der Waals surface area contributed by atoms with Gasteiger partial charge in [0.1, 0.15) is 5.56 Å². The Balaban J connectivity index is 1.94. The molecule has 1 aromatic heterocycles. The van der Waals surface area contributed by atoms with Crippen LogP contribution >= 0.6 is 11.6 Å². The Bertz CT molecular complexity index is 1190. The first-order valence-corrected chi connectivity index (χ1v) is 8.59. The summed E-state index contributed by atoms with van der Waals surface area (Å²) in [4.78, 5) is 39.3. The highest BCUT2D eigenvalue weighted by Crippen LogP contribution is 2.29. The first kappa shape index (κ1) is 20.4. The van der Waals surface area contributed by atoms with Gasteiger partial charge in [-0.1, -0.05) is 29.8 Å². The summed E-state index contributed by atoms with van der Waals surface area (Å²) in [6.45, 7) is 0.0571. The molecule has 0 aliphatic carbocycles. The van der Waals surface area contributed by atoms with Gasteiger partial charge in [-0.25, -0.2) is 9.36 Å². The van der Waals surface area contributed by atoms with Crippen LogP contribution in [0, 0.1) is 0 Å². The van der Waals surface area contributed by atoms with Crippen LogP contribution in [0.2, 0.25) is 5.02 Å². The normalized spacial score (nSPS) is 11.3. The van der Waals surface area contributed by atoms with Gasteiger partial charge in [0, 0.05) is 17.8 Å². The third-order valence-corrected chi connectivity index (χ3v) is 4.23. The van der Waals surface area contributed by atoms with Crippen LogP contribution in [0.3, 0.4) is 0 Å². The number of rotatable bonds is 4. The molecule has 0 atom stereocenters. The molecule has 0 unspecified atom stereocenters. The van der Waals surface area contributed by atoms with Crippen molar-refractivity contribution in [2.75, 3.05) is 0 Å². The standard InChI is InChI=1S/C19H13ClF3N3O3/c20-13-5-1-3-11(7-13)9-24-16(27)15-10-25-18(29)26(17(15)28)14-6-2-4-12(8-14)19(21,22)23/h1-8,10H,9H2,(H,24,27)(H,25,29). The zero-order chi connectivity index (χ0) is 21.2. The number of hydrogen-bond acceptors (Lipinski definition) is 3. The van der Waals surface area contributed by atoms with Gasteiger partial charge in [-0.05, 0) is 35.9 Å². The molecular formula is C19H13ClF3N3O3. The van der Waals surface area contributed by atoms with Crippen molar-refractivity contribution in [1.29, 1.82) is 0 Å². The van der Waals surface area contributed by atoms with Crippen LogP contribution in [0.4, 0.5) is 13.2 Å².